The topological polar surface area (TPSA) is 123 Å². The highest BCUT2D eigenvalue weighted by molar-refractivity contribution is 5.77. The maximum Gasteiger partial charge on any atom is 0.408 e. The van der Waals surface area contributed by atoms with E-state index in [9.17, 15) is 18.0 Å². The molecule has 0 saturated heterocycles. The molecule has 0 atom stereocenters. The number of halogens is 3. The standard InChI is InChI=1S/C26H23F3N8O2/c27-26(28,29)14-36-24(38)20-13-32-25(33-18-5-4-16-6-7-31-12-17(16)10-18)35-23(20)37(36)21-2-1-3-22(34-21)39-19-8-15(9-19)11-30/h1-5,10,13,15,19,31H,6-9,12,14H2,(H,32,33,35). The normalized spacial score (nSPS) is 18.7. The van der Waals surface area contributed by atoms with Gasteiger partial charge in [0.05, 0.1) is 12.0 Å². The summed E-state index contributed by atoms with van der Waals surface area (Å²) in [6, 6.07) is 12.7. The number of alkyl halides is 3. The van der Waals surface area contributed by atoms with E-state index in [1.165, 1.54) is 17.8 Å². The molecule has 4 aromatic rings. The highest BCUT2D eigenvalue weighted by atomic mass is 19.4. The smallest absolute Gasteiger partial charge is 0.408 e. The Morgan fingerprint density at radius 3 is 2.82 bits per heavy atom. The molecule has 1 fully saturated rings. The summed E-state index contributed by atoms with van der Waals surface area (Å²) in [5.41, 5.74) is 2.17. The number of hydrogen-bond acceptors (Lipinski definition) is 8. The van der Waals surface area contributed by atoms with Gasteiger partial charge < -0.3 is 15.4 Å². The SMILES string of the molecule is N#CC1CC(Oc2cccc(-n3c4nc(Nc5ccc6c(c5)CNCC6)ncc4c(=O)n3CC(F)(F)F)n2)C1. The molecule has 39 heavy (non-hydrogen) atoms. The van der Waals surface area contributed by atoms with Gasteiger partial charge in [-0.15, -0.1) is 0 Å². The molecule has 0 radical (unpaired) electrons. The second-order valence-corrected chi connectivity index (χ2v) is 9.63. The summed E-state index contributed by atoms with van der Waals surface area (Å²) in [7, 11) is 0. The Bertz CT molecular complexity index is 1650. The van der Waals surface area contributed by atoms with Crippen LogP contribution in [0.25, 0.3) is 16.9 Å². The molecule has 3 aromatic heterocycles. The van der Waals surface area contributed by atoms with Crippen molar-refractivity contribution in [3.05, 3.63) is 64.1 Å². The van der Waals surface area contributed by atoms with Crippen LogP contribution in [0.5, 0.6) is 5.88 Å². The molecule has 0 unspecified atom stereocenters. The van der Waals surface area contributed by atoms with Crippen LogP contribution >= 0.6 is 0 Å². The van der Waals surface area contributed by atoms with Gasteiger partial charge in [0.15, 0.2) is 11.5 Å². The molecule has 2 N–H and O–H groups in total. The van der Waals surface area contributed by atoms with Crippen LogP contribution in [0.3, 0.4) is 0 Å². The fourth-order valence-corrected chi connectivity index (χ4v) is 4.85. The number of benzene rings is 1. The quantitative estimate of drug-likeness (QED) is 0.383. The van der Waals surface area contributed by atoms with Crippen molar-refractivity contribution in [2.75, 3.05) is 11.9 Å². The number of nitriles is 1. The Balaban J connectivity index is 1.39. The van der Waals surface area contributed by atoms with Gasteiger partial charge in [-0.2, -0.15) is 28.4 Å². The first-order valence-electron chi connectivity index (χ1n) is 12.5. The molecule has 0 spiro atoms. The van der Waals surface area contributed by atoms with E-state index in [0.29, 0.717) is 23.2 Å². The molecule has 6 rings (SSSR count). The van der Waals surface area contributed by atoms with Gasteiger partial charge in [0.2, 0.25) is 11.8 Å². The average molecular weight is 537 g/mol. The zero-order valence-electron chi connectivity index (χ0n) is 20.6. The predicted octanol–water partition coefficient (Wildman–Crippen LogP) is 3.61. The van der Waals surface area contributed by atoms with E-state index in [0.717, 1.165) is 29.8 Å². The van der Waals surface area contributed by atoms with Crippen molar-refractivity contribution >= 4 is 22.7 Å². The van der Waals surface area contributed by atoms with Gasteiger partial charge in [0.1, 0.15) is 18.0 Å². The molecule has 10 nitrogen and oxygen atoms in total. The van der Waals surface area contributed by atoms with Crippen molar-refractivity contribution in [2.24, 2.45) is 5.92 Å². The third-order valence-corrected chi connectivity index (χ3v) is 6.84. The Labute approximate surface area is 220 Å². The van der Waals surface area contributed by atoms with Crippen LogP contribution in [0.15, 0.2) is 47.4 Å². The first-order chi connectivity index (χ1) is 18.8. The maximum absolute atomic E-state index is 13.5. The lowest BCUT2D eigenvalue weighted by Crippen LogP contribution is -2.33. The molecule has 2 aliphatic rings. The Morgan fingerprint density at radius 1 is 1.18 bits per heavy atom. The van der Waals surface area contributed by atoms with Gasteiger partial charge in [0.25, 0.3) is 5.56 Å². The van der Waals surface area contributed by atoms with E-state index < -0.39 is 18.3 Å². The summed E-state index contributed by atoms with van der Waals surface area (Å²) >= 11 is 0. The fourth-order valence-electron chi connectivity index (χ4n) is 4.85. The fraction of sp³-hybridized carbons (Fsp3) is 0.346. The molecule has 200 valence electrons. The Kier molecular flexibility index (Phi) is 6.19. The van der Waals surface area contributed by atoms with Gasteiger partial charge >= 0.3 is 6.18 Å². The largest absolute Gasteiger partial charge is 0.474 e. The lowest BCUT2D eigenvalue weighted by atomic mass is 9.83. The van der Waals surface area contributed by atoms with Crippen molar-refractivity contribution in [3.63, 3.8) is 0 Å². The highest BCUT2D eigenvalue weighted by Crippen LogP contribution is 2.31. The number of rotatable bonds is 6. The number of nitrogens with zero attached hydrogens (tertiary/aromatic N) is 6. The molecule has 1 saturated carbocycles. The van der Waals surface area contributed by atoms with Crippen LogP contribution < -0.4 is 20.9 Å². The van der Waals surface area contributed by atoms with E-state index >= 15 is 0 Å². The van der Waals surface area contributed by atoms with Gasteiger partial charge in [-0.25, -0.2) is 14.3 Å². The lowest BCUT2D eigenvalue weighted by molar-refractivity contribution is -0.144. The number of anilines is 2. The van der Waals surface area contributed by atoms with Crippen LogP contribution in [-0.4, -0.2) is 43.1 Å². The predicted molar refractivity (Wildman–Crippen MR) is 135 cm³/mol. The summed E-state index contributed by atoms with van der Waals surface area (Å²) in [6.45, 7) is 0.0992. The molecule has 0 bridgehead atoms. The molecule has 1 aliphatic heterocycles. The van der Waals surface area contributed by atoms with Gasteiger partial charge in [-0.3, -0.25) is 4.79 Å². The van der Waals surface area contributed by atoms with Crippen molar-refractivity contribution in [1.29, 1.82) is 5.26 Å². The van der Waals surface area contributed by atoms with Crippen LogP contribution in [0.4, 0.5) is 24.8 Å². The number of hydrogen-bond donors (Lipinski definition) is 2. The van der Waals surface area contributed by atoms with E-state index in [2.05, 4.69) is 31.7 Å². The second kappa shape index (κ2) is 9.70. The minimum absolute atomic E-state index is 0.0285. The average Bonchev–Trinajstić information content (AvgIpc) is 3.15. The van der Waals surface area contributed by atoms with Crippen LogP contribution in [0.2, 0.25) is 0 Å². The minimum Gasteiger partial charge on any atom is -0.474 e. The Hall–Kier alpha value is -4.44. The molecule has 13 heteroatoms. The molecule has 1 aromatic carbocycles. The molecular weight excluding hydrogens is 513 g/mol. The number of pyridine rings is 1. The summed E-state index contributed by atoms with van der Waals surface area (Å²) in [5, 5.41) is 15.3. The zero-order valence-corrected chi connectivity index (χ0v) is 20.6. The van der Waals surface area contributed by atoms with E-state index in [4.69, 9.17) is 10.00 Å². The third kappa shape index (κ3) is 5.03. The maximum atomic E-state index is 13.5. The van der Waals surface area contributed by atoms with Crippen LogP contribution in [0, 0.1) is 17.2 Å². The zero-order chi connectivity index (χ0) is 27.1. The molecular formula is C26H23F3N8O2. The van der Waals surface area contributed by atoms with E-state index in [1.807, 2.05) is 18.2 Å². The van der Waals surface area contributed by atoms with E-state index in [1.54, 1.807) is 12.1 Å². The highest BCUT2D eigenvalue weighted by Gasteiger charge is 2.33. The van der Waals surface area contributed by atoms with Crippen molar-refractivity contribution in [1.82, 2.24) is 29.6 Å². The number of fused-ring (bicyclic) bond motifs is 2. The molecule has 4 heterocycles. The molecule has 1 aliphatic carbocycles. The number of aromatic nitrogens is 5. The van der Waals surface area contributed by atoms with Gasteiger partial charge in [-0.1, -0.05) is 12.1 Å². The first-order valence-corrected chi connectivity index (χ1v) is 12.5. The first kappa shape index (κ1) is 24.9. The summed E-state index contributed by atoms with van der Waals surface area (Å²) < 4.78 is 48.0. The van der Waals surface area contributed by atoms with Crippen molar-refractivity contribution in [3.8, 4) is 17.8 Å². The third-order valence-electron chi connectivity index (χ3n) is 6.84. The summed E-state index contributed by atoms with van der Waals surface area (Å²) in [4.78, 5) is 26.1. The summed E-state index contributed by atoms with van der Waals surface area (Å²) in [5.74, 6) is 0.243. The minimum atomic E-state index is -4.67. The van der Waals surface area contributed by atoms with Crippen LogP contribution in [-0.2, 0) is 19.5 Å². The Morgan fingerprint density at radius 2 is 2.03 bits per heavy atom. The van der Waals surface area contributed by atoms with Crippen molar-refractivity contribution < 1.29 is 17.9 Å². The number of ether oxygens (including phenoxy) is 1. The van der Waals surface area contributed by atoms with Crippen molar-refractivity contribution in [2.45, 2.75) is 44.6 Å². The molecule has 0 amide bonds. The lowest BCUT2D eigenvalue weighted by Gasteiger charge is -2.30. The van der Waals surface area contributed by atoms with E-state index in [-0.39, 0.29) is 40.7 Å². The summed E-state index contributed by atoms with van der Waals surface area (Å²) in [6.07, 6.45) is -1.64. The second-order valence-electron chi connectivity index (χ2n) is 9.63. The van der Waals surface area contributed by atoms with Crippen LogP contribution in [0.1, 0.15) is 24.0 Å². The van der Waals surface area contributed by atoms with Gasteiger partial charge in [0, 0.05) is 37.3 Å². The van der Waals surface area contributed by atoms with Gasteiger partial charge in [-0.05, 0) is 42.3 Å². The number of nitrogens with one attached hydrogen (secondary N) is 2. The monoisotopic (exact) mass is 536 g/mol.